The Kier molecular flexibility index (Phi) is 6.01. The highest BCUT2D eigenvalue weighted by Crippen LogP contribution is 2.30. The van der Waals surface area contributed by atoms with E-state index >= 15 is 0 Å². The summed E-state index contributed by atoms with van der Waals surface area (Å²) in [6, 6.07) is 16.4. The summed E-state index contributed by atoms with van der Waals surface area (Å²) >= 11 is 4.64. The van der Waals surface area contributed by atoms with E-state index in [1.54, 1.807) is 23.1 Å². The molecule has 0 aliphatic carbocycles. The zero-order chi connectivity index (χ0) is 19.3. The fraction of sp³-hybridized carbons (Fsp3) is 0.150. The summed E-state index contributed by atoms with van der Waals surface area (Å²) in [5, 5.41) is 5.43. The summed E-state index contributed by atoms with van der Waals surface area (Å²) in [5.74, 6) is 0.721. The van der Waals surface area contributed by atoms with Crippen molar-refractivity contribution in [3.63, 3.8) is 0 Å². The van der Waals surface area contributed by atoms with Crippen LogP contribution in [-0.4, -0.2) is 28.2 Å². The van der Waals surface area contributed by atoms with E-state index in [4.69, 9.17) is 5.73 Å². The number of hydrogen-bond acceptors (Lipinski definition) is 7. The summed E-state index contributed by atoms with van der Waals surface area (Å²) < 4.78 is 1.99. The van der Waals surface area contributed by atoms with Crippen LogP contribution in [0, 0.1) is 0 Å². The molecule has 4 rings (SSSR count). The van der Waals surface area contributed by atoms with Crippen LogP contribution < -0.4 is 11.1 Å². The van der Waals surface area contributed by atoms with Crippen molar-refractivity contribution in [2.45, 2.75) is 10.8 Å². The average molecular weight is 427 g/mol. The number of carbonyl (C=O) groups excluding carboxylic acids is 1. The van der Waals surface area contributed by atoms with Crippen molar-refractivity contribution in [2.24, 2.45) is 5.73 Å². The largest absolute Gasteiger partial charge is 0.330 e. The number of thioether (sulfide) groups is 1. The van der Waals surface area contributed by atoms with Crippen molar-refractivity contribution in [1.82, 2.24) is 9.97 Å². The highest BCUT2D eigenvalue weighted by Gasteiger charge is 2.12. The Bertz CT molecular complexity index is 1090. The Hall–Kier alpha value is -2.26. The Morgan fingerprint density at radius 3 is 2.79 bits per heavy atom. The Labute approximate surface area is 175 Å². The molecule has 0 aliphatic rings. The molecule has 0 aliphatic heterocycles. The fourth-order valence-electron chi connectivity index (χ4n) is 2.70. The maximum atomic E-state index is 12.4. The Morgan fingerprint density at radius 2 is 1.96 bits per heavy atom. The van der Waals surface area contributed by atoms with Gasteiger partial charge < -0.3 is 11.1 Å². The highest BCUT2D eigenvalue weighted by molar-refractivity contribution is 8.01. The van der Waals surface area contributed by atoms with Crippen molar-refractivity contribution in [3.05, 3.63) is 59.6 Å². The first kappa shape index (κ1) is 19.1. The van der Waals surface area contributed by atoms with Crippen LogP contribution in [0.25, 0.3) is 21.3 Å². The number of benzene rings is 2. The minimum atomic E-state index is -0.108. The van der Waals surface area contributed by atoms with Crippen LogP contribution >= 0.6 is 34.4 Å². The standard InChI is InChI=1S/C20H18N4OS3/c21-8-9-26-20-22-15(12-27-20)11-18(25)24-19-23-16-7-6-14(10-17(16)28-19)13-4-2-1-3-5-13/h1-7,10,12H,8-9,11,21H2,(H,23,24,25). The third kappa shape index (κ3) is 4.59. The maximum absolute atomic E-state index is 12.4. The lowest BCUT2D eigenvalue weighted by Crippen LogP contribution is -2.14. The van der Waals surface area contributed by atoms with Gasteiger partial charge in [0.2, 0.25) is 5.91 Å². The van der Waals surface area contributed by atoms with Crippen LogP contribution in [0.1, 0.15) is 5.69 Å². The summed E-state index contributed by atoms with van der Waals surface area (Å²) in [4.78, 5) is 21.4. The molecule has 28 heavy (non-hydrogen) atoms. The number of nitrogens with one attached hydrogen (secondary N) is 1. The van der Waals surface area contributed by atoms with E-state index in [9.17, 15) is 4.79 Å². The molecule has 5 nitrogen and oxygen atoms in total. The van der Waals surface area contributed by atoms with E-state index in [0.29, 0.717) is 11.7 Å². The molecule has 2 aromatic carbocycles. The third-order valence-corrected chi connectivity index (χ3v) is 6.99. The lowest BCUT2D eigenvalue weighted by atomic mass is 10.1. The van der Waals surface area contributed by atoms with Crippen molar-refractivity contribution in [1.29, 1.82) is 0 Å². The van der Waals surface area contributed by atoms with Crippen LogP contribution in [0.2, 0.25) is 0 Å². The summed E-state index contributed by atoms with van der Waals surface area (Å²) in [7, 11) is 0. The van der Waals surface area contributed by atoms with Crippen molar-refractivity contribution >= 4 is 55.7 Å². The lowest BCUT2D eigenvalue weighted by Gasteiger charge is -2.00. The second kappa shape index (κ2) is 8.83. The van der Waals surface area contributed by atoms with Gasteiger partial charge in [0.1, 0.15) is 4.34 Å². The number of rotatable bonds is 7. The van der Waals surface area contributed by atoms with Gasteiger partial charge in [0.05, 0.1) is 22.3 Å². The molecule has 3 N–H and O–H groups in total. The third-order valence-electron chi connectivity index (χ3n) is 3.96. The van der Waals surface area contributed by atoms with Gasteiger partial charge in [-0.1, -0.05) is 59.5 Å². The van der Waals surface area contributed by atoms with E-state index in [2.05, 4.69) is 39.6 Å². The number of thiazole rings is 2. The Morgan fingerprint density at radius 1 is 1.11 bits per heavy atom. The first-order valence-electron chi connectivity index (χ1n) is 8.74. The van der Waals surface area contributed by atoms with E-state index in [1.807, 2.05) is 29.6 Å². The highest BCUT2D eigenvalue weighted by atomic mass is 32.2. The molecule has 0 saturated heterocycles. The van der Waals surface area contributed by atoms with E-state index in [0.717, 1.165) is 37.1 Å². The van der Waals surface area contributed by atoms with Crippen LogP contribution in [0.3, 0.4) is 0 Å². The summed E-state index contributed by atoms with van der Waals surface area (Å²) in [6.45, 7) is 0.615. The van der Waals surface area contributed by atoms with Gasteiger partial charge in [-0.3, -0.25) is 4.79 Å². The number of hydrogen-bond donors (Lipinski definition) is 2. The molecule has 4 aromatic rings. The van der Waals surface area contributed by atoms with Gasteiger partial charge >= 0.3 is 0 Å². The second-order valence-electron chi connectivity index (χ2n) is 6.03. The molecule has 0 saturated carbocycles. The number of carbonyl (C=O) groups is 1. The average Bonchev–Trinajstić information content (AvgIpc) is 3.32. The number of aromatic nitrogens is 2. The van der Waals surface area contributed by atoms with E-state index in [-0.39, 0.29) is 12.3 Å². The number of fused-ring (bicyclic) bond motifs is 1. The van der Waals surface area contributed by atoms with Gasteiger partial charge in [-0.25, -0.2) is 9.97 Å². The monoisotopic (exact) mass is 426 g/mol. The number of anilines is 1. The van der Waals surface area contributed by atoms with Crippen LogP contribution in [0.5, 0.6) is 0 Å². The predicted molar refractivity (Wildman–Crippen MR) is 119 cm³/mol. The molecule has 1 amide bonds. The molecular weight excluding hydrogens is 408 g/mol. The summed E-state index contributed by atoms with van der Waals surface area (Å²) in [6.07, 6.45) is 0.241. The van der Waals surface area contributed by atoms with Gasteiger partial charge in [0, 0.05) is 17.7 Å². The van der Waals surface area contributed by atoms with Gasteiger partial charge in [0.15, 0.2) is 5.13 Å². The molecule has 142 valence electrons. The zero-order valence-electron chi connectivity index (χ0n) is 14.9. The minimum Gasteiger partial charge on any atom is -0.330 e. The number of nitrogens with two attached hydrogens (primary N) is 1. The SMILES string of the molecule is NCCSc1nc(CC(=O)Nc2nc3ccc(-c4ccccc4)cc3s2)cs1. The van der Waals surface area contributed by atoms with Crippen molar-refractivity contribution < 1.29 is 4.79 Å². The molecule has 0 unspecified atom stereocenters. The quantitative estimate of drug-likeness (QED) is 0.420. The molecule has 0 atom stereocenters. The van der Waals surface area contributed by atoms with Crippen molar-refractivity contribution in [3.8, 4) is 11.1 Å². The van der Waals surface area contributed by atoms with Gasteiger partial charge in [-0.15, -0.1) is 11.3 Å². The molecule has 0 radical (unpaired) electrons. The van der Waals surface area contributed by atoms with Crippen LogP contribution in [0.4, 0.5) is 5.13 Å². The second-order valence-corrected chi connectivity index (χ2v) is 9.27. The molecule has 0 spiro atoms. The van der Waals surface area contributed by atoms with Gasteiger partial charge in [-0.05, 0) is 23.3 Å². The maximum Gasteiger partial charge on any atom is 0.232 e. The molecule has 2 aromatic heterocycles. The lowest BCUT2D eigenvalue weighted by molar-refractivity contribution is -0.115. The van der Waals surface area contributed by atoms with Crippen molar-refractivity contribution in [2.75, 3.05) is 17.6 Å². The molecular formula is C20H18N4OS3. The van der Waals surface area contributed by atoms with Gasteiger partial charge in [0.25, 0.3) is 0 Å². The molecule has 0 fully saturated rings. The first-order chi connectivity index (χ1) is 13.7. The fourth-order valence-corrected chi connectivity index (χ4v) is 5.30. The number of nitrogens with zero attached hydrogens (tertiary/aromatic N) is 2. The normalized spacial score (nSPS) is 11.0. The zero-order valence-corrected chi connectivity index (χ0v) is 17.4. The van der Waals surface area contributed by atoms with Gasteiger partial charge in [-0.2, -0.15) is 0 Å². The Balaban J connectivity index is 1.44. The molecule has 8 heteroatoms. The molecule has 2 heterocycles. The topological polar surface area (TPSA) is 80.9 Å². The smallest absolute Gasteiger partial charge is 0.232 e. The molecule has 0 bridgehead atoms. The first-order valence-corrected chi connectivity index (χ1v) is 11.4. The minimum absolute atomic E-state index is 0.108. The van der Waals surface area contributed by atoms with E-state index in [1.165, 1.54) is 11.3 Å². The summed E-state index contributed by atoms with van der Waals surface area (Å²) in [5.41, 5.74) is 9.47. The predicted octanol–water partition coefficient (Wildman–Crippen LogP) is 4.65. The van der Waals surface area contributed by atoms with Crippen LogP contribution in [0.15, 0.2) is 58.3 Å². The van der Waals surface area contributed by atoms with Crippen LogP contribution in [-0.2, 0) is 11.2 Å². The number of amides is 1. The van der Waals surface area contributed by atoms with E-state index < -0.39 is 0 Å².